The van der Waals surface area contributed by atoms with Crippen molar-refractivity contribution in [2.75, 3.05) is 23.4 Å². The highest BCUT2D eigenvalue weighted by Crippen LogP contribution is 2.35. The number of ether oxygens (including phenoxy) is 1. The Labute approximate surface area is 179 Å². The summed E-state index contributed by atoms with van der Waals surface area (Å²) in [6.45, 7) is 4.90. The van der Waals surface area contributed by atoms with Crippen molar-refractivity contribution in [1.82, 2.24) is 20.5 Å². The van der Waals surface area contributed by atoms with Crippen LogP contribution in [0, 0.1) is 0 Å². The van der Waals surface area contributed by atoms with Crippen LogP contribution in [0.5, 0.6) is 0 Å². The van der Waals surface area contributed by atoms with Crippen LogP contribution in [0.4, 0.5) is 16.4 Å². The van der Waals surface area contributed by atoms with Gasteiger partial charge in [-0.05, 0) is 25.8 Å². The second kappa shape index (κ2) is 7.51. The van der Waals surface area contributed by atoms with Crippen molar-refractivity contribution in [2.24, 2.45) is 0 Å². The van der Waals surface area contributed by atoms with Crippen LogP contribution in [0.3, 0.4) is 0 Å². The lowest BCUT2D eigenvalue weighted by atomic mass is 9.92. The fourth-order valence-corrected chi connectivity index (χ4v) is 4.44. The standard InChI is InChI=1S/C22H26N6O3/c1-22(2,30)19(13-6-4-3-5-7-13)25-21(29)24-18-9-17-16(10-23-18)20(27-26-17)28-11-15-8-14(28)12-31-15/h3-7,9-10,14-15,19,30H,8,11-12H2,1-2H3,(H,26,27)(H2,23,24,25,29)/t14?,15?,19-/m0/s1. The van der Waals surface area contributed by atoms with Crippen molar-refractivity contribution >= 4 is 28.6 Å². The number of H-pyrrole nitrogens is 1. The fraction of sp³-hybridized carbons (Fsp3) is 0.409. The molecule has 0 saturated carbocycles. The fourth-order valence-electron chi connectivity index (χ4n) is 4.44. The van der Waals surface area contributed by atoms with E-state index in [9.17, 15) is 9.90 Å². The molecule has 31 heavy (non-hydrogen) atoms. The number of carbonyl (C=O) groups is 1. The summed E-state index contributed by atoms with van der Waals surface area (Å²) in [5.74, 6) is 1.27. The molecule has 0 aliphatic carbocycles. The molecule has 2 amide bonds. The van der Waals surface area contributed by atoms with Gasteiger partial charge in [0.05, 0.1) is 41.3 Å². The molecule has 4 heterocycles. The van der Waals surface area contributed by atoms with E-state index in [1.54, 1.807) is 26.1 Å². The first kappa shape index (κ1) is 19.8. The largest absolute Gasteiger partial charge is 0.388 e. The van der Waals surface area contributed by atoms with Gasteiger partial charge in [0.15, 0.2) is 5.82 Å². The average molecular weight is 422 g/mol. The number of anilines is 2. The minimum Gasteiger partial charge on any atom is -0.388 e. The monoisotopic (exact) mass is 422 g/mol. The zero-order valence-corrected chi connectivity index (χ0v) is 17.5. The van der Waals surface area contributed by atoms with E-state index < -0.39 is 17.7 Å². The molecule has 9 nitrogen and oxygen atoms in total. The molecule has 2 fully saturated rings. The number of urea groups is 1. The van der Waals surface area contributed by atoms with Crippen molar-refractivity contribution in [3.8, 4) is 0 Å². The van der Waals surface area contributed by atoms with Gasteiger partial charge in [-0.3, -0.25) is 10.4 Å². The van der Waals surface area contributed by atoms with Crippen LogP contribution < -0.4 is 15.5 Å². The SMILES string of the molecule is CC(C)(O)[C@@H](NC(=O)Nc1cc2[nH]nc(N3CC4CC3CO4)c2cn1)c1ccccc1. The number of hydrogen-bond acceptors (Lipinski definition) is 6. The maximum atomic E-state index is 12.7. The Kier molecular flexibility index (Phi) is 4.79. The van der Waals surface area contributed by atoms with Gasteiger partial charge in [-0.2, -0.15) is 5.10 Å². The van der Waals surface area contributed by atoms with E-state index >= 15 is 0 Å². The lowest BCUT2D eigenvalue weighted by molar-refractivity contribution is 0.0415. The van der Waals surface area contributed by atoms with Gasteiger partial charge in [-0.1, -0.05) is 30.3 Å². The Bertz CT molecular complexity index is 1090. The molecule has 2 bridgehead atoms. The number of aromatic amines is 1. The van der Waals surface area contributed by atoms with Crippen LogP contribution in [0.2, 0.25) is 0 Å². The lowest BCUT2D eigenvalue weighted by Crippen LogP contribution is -2.43. The van der Waals surface area contributed by atoms with Crippen molar-refractivity contribution in [3.05, 3.63) is 48.2 Å². The van der Waals surface area contributed by atoms with Gasteiger partial charge in [0.2, 0.25) is 0 Å². The van der Waals surface area contributed by atoms with Gasteiger partial charge in [-0.25, -0.2) is 9.78 Å². The third-order valence-corrected chi connectivity index (χ3v) is 5.96. The lowest BCUT2D eigenvalue weighted by Gasteiger charge is -2.30. The van der Waals surface area contributed by atoms with Crippen molar-refractivity contribution in [1.29, 1.82) is 0 Å². The zero-order valence-electron chi connectivity index (χ0n) is 17.5. The summed E-state index contributed by atoms with van der Waals surface area (Å²) >= 11 is 0. The maximum absolute atomic E-state index is 12.7. The molecule has 0 radical (unpaired) electrons. The van der Waals surface area contributed by atoms with Gasteiger partial charge >= 0.3 is 6.03 Å². The summed E-state index contributed by atoms with van der Waals surface area (Å²) in [6, 6.07) is 10.5. The van der Waals surface area contributed by atoms with Crippen molar-refractivity contribution in [3.63, 3.8) is 0 Å². The van der Waals surface area contributed by atoms with Crippen molar-refractivity contribution in [2.45, 2.75) is 44.1 Å². The number of aliphatic hydroxyl groups is 1. The van der Waals surface area contributed by atoms with Gasteiger partial charge < -0.3 is 20.1 Å². The number of fused-ring (bicyclic) bond motifs is 3. The molecule has 2 aliphatic rings. The summed E-state index contributed by atoms with van der Waals surface area (Å²) in [7, 11) is 0. The van der Waals surface area contributed by atoms with Crippen LogP contribution in [-0.2, 0) is 4.74 Å². The molecule has 2 aromatic heterocycles. The van der Waals surface area contributed by atoms with Crippen LogP contribution in [0.25, 0.3) is 10.9 Å². The third-order valence-electron chi connectivity index (χ3n) is 5.96. The van der Waals surface area contributed by atoms with E-state index in [-0.39, 0.29) is 6.10 Å². The van der Waals surface area contributed by atoms with Crippen LogP contribution in [0.1, 0.15) is 31.9 Å². The van der Waals surface area contributed by atoms with E-state index in [1.165, 1.54) is 0 Å². The quantitative estimate of drug-likeness (QED) is 0.502. The highest BCUT2D eigenvalue weighted by atomic mass is 16.5. The number of nitrogens with one attached hydrogen (secondary N) is 3. The van der Waals surface area contributed by atoms with E-state index in [0.717, 1.165) is 41.9 Å². The van der Waals surface area contributed by atoms with E-state index in [2.05, 4.69) is 30.7 Å². The molecular formula is C22H26N6O3. The van der Waals surface area contributed by atoms with Gasteiger partial charge in [-0.15, -0.1) is 0 Å². The number of nitrogens with zero attached hydrogens (tertiary/aromatic N) is 3. The Morgan fingerprint density at radius 1 is 1.35 bits per heavy atom. The minimum atomic E-state index is -1.15. The number of morpholine rings is 1. The molecule has 1 aromatic carbocycles. The first-order valence-electron chi connectivity index (χ1n) is 10.5. The first-order chi connectivity index (χ1) is 14.9. The van der Waals surface area contributed by atoms with Gasteiger partial charge in [0, 0.05) is 18.8 Å². The van der Waals surface area contributed by atoms with Crippen LogP contribution in [0.15, 0.2) is 42.6 Å². The van der Waals surface area contributed by atoms with Crippen molar-refractivity contribution < 1.29 is 14.6 Å². The molecule has 3 atom stereocenters. The molecule has 2 saturated heterocycles. The second-order valence-electron chi connectivity index (χ2n) is 8.76. The summed E-state index contributed by atoms with van der Waals surface area (Å²) in [6.07, 6.45) is 3.04. The molecule has 5 rings (SSSR count). The van der Waals surface area contributed by atoms with Gasteiger partial charge in [0.25, 0.3) is 0 Å². The smallest absolute Gasteiger partial charge is 0.320 e. The number of rotatable bonds is 5. The normalized spacial score (nSPS) is 21.5. The zero-order chi connectivity index (χ0) is 21.6. The predicted molar refractivity (Wildman–Crippen MR) is 117 cm³/mol. The first-order valence-corrected chi connectivity index (χ1v) is 10.5. The minimum absolute atomic E-state index is 0.280. The summed E-state index contributed by atoms with van der Waals surface area (Å²) < 4.78 is 5.67. The third kappa shape index (κ3) is 3.82. The molecular weight excluding hydrogens is 396 g/mol. The molecule has 162 valence electrons. The number of hydrogen-bond donors (Lipinski definition) is 4. The van der Waals surface area contributed by atoms with E-state index in [1.807, 2.05) is 30.3 Å². The van der Waals surface area contributed by atoms with Gasteiger partial charge in [0.1, 0.15) is 5.82 Å². The Hall–Kier alpha value is -3.17. The molecule has 4 N–H and O–H groups in total. The van der Waals surface area contributed by atoms with Crippen LogP contribution in [-0.4, -0.2) is 57.2 Å². The Balaban J connectivity index is 1.31. The highest BCUT2D eigenvalue weighted by Gasteiger charge is 2.40. The summed E-state index contributed by atoms with van der Waals surface area (Å²) in [4.78, 5) is 19.3. The second-order valence-corrected chi connectivity index (χ2v) is 8.76. The molecule has 0 spiro atoms. The molecule has 9 heteroatoms. The van der Waals surface area contributed by atoms with E-state index in [0.29, 0.717) is 11.9 Å². The number of pyridine rings is 1. The number of amides is 2. The highest BCUT2D eigenvalue weighted by molar-refractivity contribution is 5.94. The topological polar surface area (TPSA) is 115 Å². The number of carbonyl (C=O) groups excluding carboxylic acids is 1. The number of benzene rings is 1. The predicted octanol–water partition coefficient (Wildman–Crippen LogP) is 2.57. The molecule has 2 aliphatic heterocycles. The average Bonchev–Trinajstić information content (AvgIpc) is 3.47. The summed E-state index contributed by atoms with van der Waals surface area (Å²) in [5, 5.41) is 24.6. The Morgan fingerprint density at radius 3 is 2.84 bits per heavy atom. The Morgan fingerprint density at radius 2 is 2.16 bits per heavy atom. The summed E-state index contributed by atoms with van der Waals surface area (Å²) in [5.41, 5.74) is 0.467. The number of aromatic nitrogens is 3. The molecule has 2 unspecified atom stereocenters. The van der Waals surface area contributed by atoms with Crippen LogP contribution >= 0.6 is 0 Å². The molecule has 3 aromatic rings. The van der Waals surface area contributed by atoms with E-state index in [4.69, 9.17) is 4.74 Å². The maximum Gasteiger partial charge on any atom is 0.320 e.